The van der Waals surface area contributed by atoms with Gasteiger partial charge in [-0.15, -0.1) is 0 Å². The smallest absolute Gasteiger partial charge is 0.379 e. The van der Waals surface area contributed by atoms with Crippen molar-refractivity contribution in [1.29, 1.82) is 0 Å². The van der Waals surface area contributed by atoms with Gasteiger partial charge in [-0.2, -0.15) is 13.2 Å². The zero-order valence-electron chi connectivity index (χ0n) is 22.8. The van der Waals surface area contributed by atoms with Crippen molar-refractivity contribution in [3.63, 3.8) is 0 Å². The van der Waals surface area contributed by atoms with E-state index in [0.29, 0.717) is 74.7 Å². The van der Waals surface area contributed by atoms with E-state index in [9.17, 15) is 22.8 Å². The molecule has 1 aromatic rings. The molecule has 40 heavy (non-hydrogen) atoms. The van der Waals surface area contributed by atoms with Gasteiger partial charge in [-0.1, -0.05) is 5.92 Å². The Morgan fingerprint density at radius 1 is 1.25 bits per heavy atom. The summed E-state index contributed by atoms with van der Waals surface area (Å²) in [5.74, 6) is 6.54. The van der Waals surface area contributed by atoms with Crippen LogP contribution in [0.15, 0.2) is 12.3 Å². The molecule has 2 unspecified atom stereocenters. The van der Waals surface area contributed by atoms with Crippen LogP contribution in [0.2, 0.25) is 0 Å². The van der Waals surface area contributed by atoms with E-state index in [0.717, 1.165) is 44.4 Å². The molecule has 0 radical (unpaired) electrons. The number of carbonyl (C=O) groups excluding carboxylic acids is 2. The molecule has 5 aliphatic rings. The quantitative estimate of drug-likeness (QED) is 0.527. The molecule has 4 fully saturated rings. The third kappa shape index (κ3) is 5.35. The van der Waals surface area contributed by atoms with Crippen molar-refractivity contribution < 1.29 is 32.2 Å². The van der Waals surface area contributed by atoms with Gasteiger partial charge >= 0.3 is 6.18 Å². The lowest BCUT2D eigenvalue weighted by Crippen LogP contribution is -2.49. The Hall–Kier alpha value is -2.64. The maximum atomic E-state index is 14.4. The average Bonchev–Trinajstić information content (AvgIpc) is 3.61. The molecule has 0 spiro atoms. The molecule has 2 aliphatic carbocycles. The summed E-state index contributed by atoms with van der Waals surface area (Å²) in [6, 6.07) is 1.13. The minimum atomic E-state index is -4.49. The Labute approximate surface area is 232 Å². The number of nitrogens with zero attached hydrogens (tertiary/aromatic N) is 3. The van der Waals surface area contributed by atoms with Gasteiger partial charge in [0.1, 0.15) is 0 Å². The number of rotatable bonds is 4. The van der Waals surface area contributed by atoms with E-state index < -0.39 is 17.2 Å². The Morgan fingerprint density at radius 3 is 2.83 bits per heavy atom. The van der Waals surface area contributed by atoms with Crippen LogP contribution in [0.3, 0.4) is 0 Å². The van der Waals surface area contributed by atoms with Crippen LogP contribution in [0.5, 0.6) is 0 Å². The van der Waals surface area contributed by atoms with Crippen molar-refractivity contribution in [2.45, 2.75) is 63.8 Å². The molecule has 5 atom stereocenters. The number of alkyl halides is 3. The molecule has 10 heteroatoms. The Kier molecular flexibility index (Phi) is 7.32. The molecule has 2 amide bonds. The third-order valence-electron chi connectivity index (χ3n) is 9.67. The number of likely N-dealkylation sites (tertiary alicyclic amines) is 1. The van der Waals surface area contributed by atoms with E-state index in [1.165, 1.54) is 0 Å². The number of amides is 2. The molecule has 4 heterocycles. The molecule has 216 valence electrons. The maximum absolute atomic E-state index is 14.4. The zero-order chi connectivity index (χ0) is 28.1. The largest absolute Gasteiger partial charge is 0.417 e. The van der Waals surface area contributed by atoms with Crippen LogP contribution in [0.1, 0.15) is 55.3 Å². The molecule has 0 N–H and O–H groups in total. The molecule has 3 aliphatic heterocycles. The lowest BCUT2D eigenvalue weighted by Gasteiger charge is -2.37. The number of methoxy groups -OCH3 is 1. The fraction of sp³-hybridized carbons (Fsp3) is 0.700. The number of aromatic nitrogens is 1. The minimum absolute atomic E-state index is 0.00135. The number of hydrogen-bond acceptors (Lipinski definition) is 5. The molecule has 2 saturated carbocycles. The first-order valence-corrected chi connectivity index (χ1v) is 14.4. The molecular weight excluding hydrogens is 523 g/mol. The van der Waals surface area contributed by atoms with Gasteiger partial charge in [-0.05, 0) is 73.8 Å². The van der Waals surface area contributed by atoms with Crippen molar-refractivity contribution >= 4 is 11.8 Å². The van der Waals surface area contributed by atoms with Crippen molar-refractivity contribution in [3.8, 4) is 11.8 Å². The van der Waals surface area contributed by atoms with Crippen LogP contribution in [0, 0.1) is 40.9 Å². The van der Waals surface area contributed by atoms with Gasteiger partial charge in [0.15, 0.2) is 0 Å². The van der Waals surface area contributed by atoms with Crippen molar-refractivity contribution in [2.75, 3.05) is 40.0 Å². The van der Waals surface area contributed by atoms with E-state index >= 15 is 0 Å². The first-order valence-electron chi connectivity index (χ1n) is 14.4. The van der Waals surface area contributed by atoms with Gasteiger partial charge in [-0.3, -0.25) is 14.6 Å². The van der Waals surface area contributed by atoms with Gasteiger partial charge in [0, 0.05) is 64.1 Å². The Morgan fingerprint density at radius 2 is 2.08 bits per heavy atom. The highest BCUT2D eigenvalue weighted by atomic mass is 19.4. The van der Waals surface area contributed by atoms with E-state index in [-0.39, 0.29) is 30.4 Å². The van der Waals surface area contributed by atoms with E-state index in [2.05, 4.69) is 16.8 Å². The average molecular weight is 560 g/mol. The molecule has 6 rings (SSSR count). The van der Waals surface area contributed by atoms with Crippen LogP contribution >= 0.6 is 0 Å². The van der Waals surface area contributed by atoms with Crippen LogP contribution in [-0.4, -0.2) is 72.7 Å². The van der Waals surface area contributed by atoms with Gasteiger partial charge < -0.3 is 19.3 Å². The molecule has 7 nitrogen and oxygen atoms in total. The number of fused-ring (bicyclic) bond motifs is 2. The summed E-state index contributed by atoms with van der Waals surface area (Å²) in [5, 5.41) is 0. The molecule has 0 bridgehead atoms. The van der Waals surface area contributed by atoms with Crippen molar-refractivity contribution in [3.05, 3.63) is 29.1 Å². The predicted molar refractivity (Wildman–Crippen MR) is 138 cm³/mol. The Balaban J connectivity index is 1.23. The fourth-order valence-electron chi connectivity index (χ4n) is 7.43. The highest BCUT2D eigenvalue weighted by Gasteiger charge is 2.59. The van der Waals surface area contributed by atoms with Gasteiger partial charge in [-0.25, -0.2) is 0 Å². The van der Waals surface area contributed by atoms with Crippen LogP contribution in [0.4, 0.5) is 13.2 Å². The first-order chi connectivity index (χ1) is 19.2. The normalized spacial score (nSPS) is 31.8. The number of carbonyl (C=O) groups is 2. The highest BCUT2D eigenvalue weighted by Crippen LogP contribution is 2.54. The van der Waals surface area contributed by atoms with Gasteiger partial charge in [0.2, 0.25) is 5.91 Å². The van der Waals surface area contributed by atoms with Crippen LogP contribution in [-0.2, 0) is 38.2 Å². The van der Waals surface area contributed by atoms with Crippen LogP contribution in [0.25, 0.3) is 0 Å². The second kappa shape index (κ2) is 10.6. The number of pyridine rings is 1. The van der Waals surface area contributed by atoms with Crippen molar-refractivity contribution in [2.24, 2.45) is 29.1 Å². The summed E-state index contributed by atoms with van der Waals surface area (Å²) in [6.45, 7) is 2.59. The summed E-state index contributed by atoms with van der Waals surface area (Å²) in [4.78, 5) is 34.9. The molecular formula is C30H36F3N3O4. The number of ether oxygens (including phenoxy) is 2. The second-order valence-corrected chi connectivity index (χ2v) is 12.3. The molecule has 0 aromatic carbocycles. The SMILES string of the molecule is COC1COCCC1C[C@@H]1C[C@H]2CN(C(=O)C#CC3CC3)C[C@@]2(C(=O)N2CCc3ncc(C(F)(F)F)cc3C2)C1. The highest BCUT2D eigenvalue weighted by molar-refractivity contribution is 5.95. The van der Waals surface area contributed by atoms with Crippen molar-refractivity contribution in [1.82, 2.24) is 14.8 Å². The summed E-state index contributed by atoms with van der Waals surface area (Å²) >= 11 is 0. The fourth-order valence-corrected chi connectivity index (χ4v) is 7.43. The van der Waals surface area contributed by atoms with Gasteiger partial charge in [0.25, 0.3) is 5.91 Å². The number of halogens is 3. The second-order valence-electron chi connectivity index (χ2n) is 12.3. The zero-order valence-corrected chi connectivity index (χ0v) is 22.8. The molecule has 2 saturated heterocycles. The Bertz CT molecular complexity index is 1220. The predicted octanol–water partition coefficient (Wildman–Crippen LogP) is 3.69. The van der Waals surface area contributed by atoms with Crippen LogP contribution < -0.4 is 0 Å². The summed E-state index contributed by atoms with van der Waals surface area (Å²) in [6.07, 6.45) is 2.24. The standard InChI is InChI=1S/C30H36F3N3O4/c1-39-26-17-40-9-7-21(26)10-20-11-24-16-36(27(37)5-4-19-2-3-19)18-29(24,13-20)28(38)35-8-6-25-22(15-35)12-23(14-34-25)30(31,32)33/h12,14,19-21,24,26H,2-3,6-11,13,15-18H2,1H3/t20-,21?,24+,26?,29+/m1/s1. The lowest BCUT2D eigenvalue weighted by molar-refractivity contribution is -0.144. The van der Waals surface area contributed by atoms with E-state index in [1.807, 2.05) is 0 Å². The van der Waals surface area contributed by atoms with E-state index in [4.69, 9.17) is 9.47 Å². The first kappa shape index (κ1) is 27.5. The number of hydrogen-bond donors (Lipinski definition) is 0. The maximum Gasteiger partial charge on any atom is 0.417 e. The summed E-state index contributed by atoms with van der Waals surface area (Å²) in [7, 11) is 1.71. The third-order valence-corrected chi connectivity index (χ3v) is 9.67. The topological polar surface area (TPSA) is 72.0 Å². The summed E-state index contributed by atoms with van der Waals surface area (Å²) in [5.41, 5.74) is -0.488. The monoisotopic (exact) mass is 559 g/mol. The minimum Gasteiger partial charge on any atom is -0.379 e. The van der Waals surface area contributed by atoms with E-state index in [1.54, 1.807) is 16.9 Å². The van der Waals surface area contributed by atoms with Gasteiger partial charge in [0.05, 0.1) is 23.7 Å². The summed E-state index contributed by atoms with van der Waals surface area (Å²) < 4.78 is 51.4. The lowest BCUT2D eigenvalue weighted by atomic mass is 9.78. The molecule has 1 aromatic heterocycles.